The lowest BCUT2D eigenvalue weighted by molar-refractivity contribution is -0.0536. The quantitative estimate of drug-likeness (QED) is 0.793. The summed E-state index contributed by atoms with van der Waals surface area (Å²) >= 11 is 6.44. The Morgan fingerprint density at radius 3 is 2.40 bits per heavy atom. The van der Waals surface area contributed by atoms with Gasteiger partial charge in [0.25, 0.3) is 0 Å². The predicted molar refractivity (Wildman–Crippen MR) is 85.3 cm³/mol. The van der Waals surface area contributed by atoms with Gasteiger partial charge in [0.1, 0.15) is 0 Å². The highest BCUT2D eigenvalue weighted by Gasteiger charge is 2.40. The summed E-state index contributed by atoms with van der Waals surface area (Å²) in [5.41, 5.74) is 1.04. The molecule has 20 heavy (non-hydrogen) atoms. The van der Waals surface area contributed by atoms with Gasteiger partial charge in [-0.1, -0.05) is 62.4 Å². The van der Waals surface area contributed by atoms with Crippen LogP contribution in [0.25, 0.3) is 0 Å². The minimum atomic E-state index is -0.127. The van der Waals surface area contributed by atoms with Crippen LogP contribution in [0.4, 0.5) is 0 Å². The lowest BCUT2D eigenvalue weighted by atomic mass is 9.82. The Morgan fingerprint density at radius 1 is 1.20 bits per heavy atom. The minimum Gasteiger partial charge on any atom is -0.376 e. The number of halogens is 1. The largest absolute Gasteiger partial charge is 0.376 e. The van der Waals surface area contributed by atoms with Crippen LogP contribution in [0, 0.1) is 0 Å². The Labute approximate surface area is 127 Å². The van der Waals surface area contributed by atoms with E-state index < -0.39 is 0 Å². The Morgan fingerprint density at radius 2 is 1.85 bits per heavy atom. The second-order valence-electron chi connectivity index (χ2n) is 5.70. The van der Waals surface area contributed by atoms with Gasteiger partial charge < -0.3 is 10.1 Å². The average Bonchev–Trinajstić information content (AvgIpc) is 2.72. The predicted octanol–water partition coefficient (Wildman–Crippen LogP) is 4.73. The molecule has 0 radical (unpaired) electrons. The van der Waals surface area contributed by atoms with Crippen molar-refractivity contribution in [3.63, 3.8) is 0 Å². The molecule has 0 heterocycles. The van der Waals surface area contributed by atoms with Crippen LogP contribution in [0.3, 0.4) is 0 Å². The Kier molecular flexibility index (Phi) is 5.88. The maximum absolute atomic E-state index is 6.44. The van der Waals surface area contributed by atoms with Crippen LogP contribution in [-0.2, 0) is 4.74 Å². The molecule has 1 fully saturated rings. The van der Waals surface area contributed by atoms with E-state index in [2.05, 4.69) is 24.4 Å². The van der Waals surface area contributed by atoms with Crippen LogP contribution in [-0.4, -0.2) is 19.3 Å². The van der Waals surface area contributed by atoms with Crippen LogP contribution in [0.15, 0.2) is 24.3 Å². The highest BCUT2D eigenvalue weighted by molar-refractivity contribution is 6.31. The van der Waals surface area contributed by atoms with Gasteiger partial charge in [-0.15, -0.1) is 0 Å². The van der Waals surface area contributed by atoms with Crippen LogP contribution < -0.4 is 5.32 Å². The summed E-state index contributed by atoms with van der Waals surface area (Å²) in [5.74, 6) is 0. The number of hydrogen-bond donors (Lipinski definition) is 1. The van der Waals surface area contributed by atoms with Gasteiger partial charge in [-0.2, -0.15) is 0 Å². The summed E-state index contributed by atoms with van der Waals surface area (Å²) in [6.45, 7) is 3.06. The monoisotopic (exact) mass is 295 g/mol. The van der Waals surface area contributed by atoms with E-state index in [0.29, 0.717) is 0 Å². The van der Waals surface area contributed by atoms with Gasteiger partial charge in [0.15, 0.2) is 0 Å². The van der Waals surface area contributed by atoms with E-state index in [-0.39, 0.29) is 11.6 Å². The van der Waals surface area contributed by atoms with Crippen molar-refractivity contribution in [2.45, 2.75) is 57.1 Å². The SMILES string of the molecule is CCNC(c1ccccc1Cl)C1(OC)CCCCCC1. The van der Waals surface area contributed by atoms with Gasteiger partial charge in [-0.05, 0) is 31.0 Å². The molecule has 1 aliphatic carbocycles. The molecule has 3 heteroatoms. The second kappa shape index (κ2) is 7.44. The molecule has 2 nitrogen and oxygen atoms in total. The summed E-state index contributed by atoms with van der Waals surface area (Å²) in [4.78, 5) is 0. The number of likely N-dealkylation sites (N-methyl/N-ethyl adjacent to an activating group) is 1. The van der Waals surface area contributed by atoms with Gasteiger partial charge >= 0.3 is 0 Å². The lowest BCUT2D eigenvalue weighted by Crippen LogP contribution is -2.45. The maximum atomic E-state index is 6.44. The zero-order valence-electron chi connectivity index (χ0n) is 12.6. The van der Waals surface area contributed by atoms with Crippen molar-refractivity contribution in [2.24, 2.45) is 0 Å². The summed E-state index contributed by atoms with van der Waals surface area (Å²) in [7, 11) is 1.85. The fraction of sp³-hybridized carbons (Fsp3) is 0.647. The van der Waals surface area contributed by atoms with Crippen LogP contribution in [0.1, 0.15) is 57.1 Å². The summed E-state index contributed by atoms with van der Waals surface area (Å²) in [6.07, 6.45) is 7.30. The summed E-state index contributed by atoms with van der Waals surface area (Å²) in [6, 6.07) is 8.32. The molecule has 2 rings (SSSR count). The Bertz CT molecular complexity index is 413. The zero-order valence-corrected chi connectivity index (χ0v) is 13.4. The molecule has 1 aliphatic rings. The first-order valence-corrected chi connectivity index (χ1v) is 8.14. The summed E-state index contributed by atoms with van der Waals surface area (Å²) < 4.78 is 6.06. The van der Waals surface area contributed by atoms with Gasteiger partial charge in [0, 0.05) is 12.1 Å². The number of hydrogen-bond acceptors (Lipinski definition) is 2. The molecule has 0 amide bonds. The fourth-order valence-corrected chi connectivity index (χ4v) is 3.68. The third kappa shape index (κ3) is 3.36. The van der Waals surface area contributed by atoms with Crippen molar-refractivity contribution in [3.8, 4) is 0 Å². The number of ether oxygens (including phenoxy) is 1. The third-order valence-electron chi connectivity index (χ3n) is 4.51. The number of rotatable bonds is 5. The molecule has 1 aromatic rings. The smallest absolute Gasteiger partial charge is 0.0873 e. The molecule has 0 saturated heterocycles. The van der Waals surface area contributed by atoms with E-state index in [1.54, 1.807) is 0 Å². The van der Waals surface area contributed by atoms with E-state index in [9.17, 15) is 0 Å². The Hall–Kier alpha value is -0.570. The topological polar surface area (TPSA) is 21.3 Å². The highest BCUT2D eigenvalue weighted by Crippen LogP contribution is 2.41. The van der Waals surface area contributed by atoms with E-state index in [4.69, 9.17) is 16.3 Å². The van der Waals surface area contributed by atoms with Crippen molar-refractivity contribution in [3.05, 3.63) is 34.9 Å². The van der Waals surface area contributed by atoms with Gasteiger partial charge in [-0.25, -0.2) is 0 Å². The molecule has 0 aliphatic heterocycles. The van der Waals surface area contributed by atoms with Crippen molar-refractivity contribution >= 4 is 11.6 Å². The van der Waals surface area contributed by atoms with Crippen molar-refractivity contribution in [1.29, 1.82) is 0 Å². The molecule has 1 atom stereocenters. The molecule has 0 aromatic heterocycles. The Balaban J connectivity index is 2.36. The van der Waals surface area contributed by atoms with E-state index in [1.165, 1.54) is 31.2 Å². The zero-order chi connectivity index (χ0) is 14.4. The molecule has 0 spiro atoms. The third-order valence-corrected chi connectivity index (χ3v) is 4.85. The first kappa shape index (κ1) is 15.8. The van der Waals surface area contributed by atoms with Crippen LogP contribution in [0.2, 0.25) is 5.02 Å². The van der Waals surface area contributed by atoms with Crippen LogP contribution in [0.5, 0.6) is 0 Å². The lowest BCUT2D eigenvalue weighted by Gasteiger charge is -2.40. The van der Waals surface area contributed by atoms with Gasteiger partial charge in [0.2, 0.25) is 0 Å². The fourth-order valence-electron chi connectivity index (χ4n) is 3.43. The van der Waals surface area contributed by atoms with Crippen LogP contribution >= 0.6 is 11.6 Å². The highest BCUT2D eigenvalue weighted by atomic mass is 35.5. The molecule has 1 aromatic carbocycles. The molecular weight excluding hydrogens is 270 g/mol. The average molecular weight is 296 g/mol. The molecule has 1 saturated carbocycles. The maximum Gasteiger partial charge on any atom is 0.0873 e. The molecule has 1 N–H and O–H groups in total. The van der Waals surface area contributed by atoms with Crippen molar-refractivity contribution in [2.75, 3.05) is 13.7 Å². The first-order valence-electron chi connectivity index (χ1n) is 7.76. The second-order valence-corrected chi connectivity index (χ2v) is 6.10. The van der Waals surface area contributed by atoms with E-state index >= 15 is 0 Å². The van der Waals surface area contributed by atoms with Gasteiger partial charge in [-0.3, -0.25) is 0 Å². The molecule has 112 valence electrons. The number of benzene rings is 1. The summed E-state index contributed by atoms with van der Waals surface area (Å²) in [5, 5.41) is 4.45. The standard InChI is InChI=1S/C17H26ClNO/c1-3-19-16(14-10-6-7-11-15(14)18)17(20-2)12-8-4-5-9-13-17/h6-7,10-11,16,19H,3-5,8-9,12-13H2,1-2H3. The number of nitrogens with one attached hydrogen (secondary N) is 1. The molecule has 0 bridgehead atoms. The number of methoxy groups -OCH3 is 1. The van der Waals surface area contributed by atoms with E-state index in [1.807, 2.05) is 19.2 Å². The van der Waals surface area contributed by atoms with Crippen molar-refractivity contribution < 1.29 is 4.74 Å². The molecular formula is C17H26ClNO. The van der Waals surface area contributed by atoms with Gasteiger partial charge in [0.05, 0.1) is 11.6 Å². The van der Waals surface area contributed by atoms with E-state index in [0.717, 1.165) is 24.4 Å². The van der Waals surface area contributed by atoms with Crippen molar-refractivity contribution in [1.82, 2.24) is 5.32 Å². The molecule has 1 unspecified atom stereocenters. The first-order chi connectivity index (χ1) is 9.73. The minimum absolute atomic E-state index is 0.127. The normalized spacial score (nSPS) is 20.4.